The van der Waals surface area contributed by atoms with E-state index in [1.807, 2.05) is 43.3 Å². The number of nitrogens with zero attached hydrogens (tertiary/aromatic N) is 1. The SMILES string of the molecule is CCOc1ccccc1NC(=O)O[C@H]1CCCN1C(=O)NCc1ccccc1. The van der Waals surface area contributed by atoms with Crippen molar-refractivity contribution in [2.45, 2.75) is 32.5 Å². The van der Waals surface area contributed by atoms with E-state index < -0.39 is 12.3 Å². The van der Waals surface area contributed by atoms with Gasteiger partial charge in [-0.05, 0) is 31.0 Å². The Kier molecular flexibility index (Phi) is 6.73. The van der Waals surface area contributed by atoms with Crippen LogP contribution in [0.15, 0.2) is 54.6 Å². The van der Waals surface area contributed by atoms with Crippen molar-refractivity contribution in [3.05, 3.63) is 60.2 Å². The fraction of sp³-hybridized carbons (Fsp3) is 0.333. The monoisotopic (exact) mass is 383 g/mol. The molecular weight excluding hydrogens is 358 g/mol. The van der Waals surface area contributed by atoms with E-state index in [0.717, 1.165) is 12.0 Å². The molecule has 1 heterocycles. The van der Waals surface area contributed by atoms with Gasteiger partial charge in [-0.3, -0.25) is 10.2 Å². The third-order valence-corrected chi connectivity index (χ3v) is 4.41. The minimum Gasteiger partial charge on any atom is -0.492 e. The molecular formula is C21H25N3O4. The van der Waals surface area contributed by atoms with E-state index >= 15 is 0 Å². The molecule has 0 unspecified atom stereocenters. The third kappa shape index (κ3) is 5.16. The van der Waals surface area contributed by atoms with Crippen molar-refractivity contribution in [2.24, 2.45) is 0 Å². The molecule has 1 aliphatic heterocycles. The lowest BCUT2D eigenvalue weighted by molar-refractivity contribution is 0.0401. The molecule has 0 bridgehead atoms. The summed E-state index contributed by atoms with van der Waals surface area (Å²) in [7, 11) is 0. The molecule has 3 rings (SSSR count). The second kappa shape index (κ2) is 9.64. The molecule has 28 heavy (non-hydrogen) atoms. The summed E-state index contributed by atoms with van der Waals surface area (Å²) in [6.45, 7) is 3.34. The van der Waals surface area contributed by atoms with Crippen LogP contribution in [0, 0.1) is 0 Å². The standard InChI is InChI=1S/C21H25N3O4/c1-2-27-18-12-7-6-11-17(18)23-21(26)28-19-13-8-14-24(19)20(25)22-15-16-9-4-3-5-10-16/h3-7,9-12,19H,2,8,13-15H2,1H3,(H,22,25)(H,23,26)/t19-/m0/s1. The van der Waals surface area contributed by atoms with E-state index in [9.17, 15) is 9.59 Å². The van der Waals surface area contributed by atoms with E-state index in [-0.39, 0.29) is 6.03 Å². The Labute approximate surface area is 164 Å². The number of nitrogens with one attached hydrogen (secondary N) is 2. The van der Waals surface area contributed by atoms with Gasteiger partial charge in [0.2, 0.25) is 0 Å². The molecule has 2 N–H and O–H groups in total. The Morgan fingerprint density at radius 1 is 1.11 bits per heavy atom. The van der Waals surface area contributed by atoms with Gasteiger partial charge in [-0.15, -0.1) is 0 Å². The largest absolute Gasteiger partial charge is 0.492 e. The summed E-state index contributed by atoms with van der Waals surface area (Å²) in [4.78, 5) is 26.4. The van der Waals surface area contributed by atoms with Gasteiger partial charge in [0.25, 0.3) is 0 Å². The fourth-order valence-electron chi connectivity index (χ4n) is 3.08. The highest BCUT2D eigenvalue weighted by atomic mass is 16.6. The van der Waals surface area contributed by atoms with Gasteiger partial charge < -0.3 is 14.8 Å². The van der Waals surface area contributed by atoms with Gasteiger partial charge >= 0.3 is 12.1 Å². The van der Waals surface area contributed by atoms with Crippen molar-refractivity contribution in [1.29, 1.82) is 0 Å². The van der Waals surface area contributed by atoms with Crippen LogP contribution in [0.2, 0.25) is 0 Å². The molecule has 0 radical (unpaired) electrons. The summed E-state index contributed by atoms with van der Waals surface area (Å²) in [5.74, 6) is 0.575. The number of benzene rings is 2. The lowest BCUT2D eigenvalue weighted by atomic mass is 10.2. The maximum absolute atomic E-state index is 12.5. The van der Waals surface area contributed by atoms with E-state index in [1.165, 1.54) is 0 Å². The van der Waals surface area contributed by atoms with Gasteiger partial charge in [-0.2, -0.15) is 0 Å². The summed E-state index contributed by atoms with van der Waals surface area (Å²) < 4.78 is 11.0. The lowest BCUT2D eigenvalue weighted by Crippen LogP contribution is -2.44. The number of rotatable bonds is 6. The molecule has 7 heteroatoms. The maximum atomic E-state index is 12.5. The van der Waals surface area contributed by atoms with Crippen molar-refractivity contribution in [3.8, 4) is 5.75 Å². The van der Waals surface area contributed by atoms with Crippen LogP contribution in [0.5, 0.6) is 5.75 Å². The summed E-state index contributed by atoms with van der Waals surface area (Å²) in [5, 5.41) is 5.57. The molecule has 0 saturated carbocycles. The summed E-state index contributed by atoms with van der Waals surface area (Å²) >= 11 is 0. The summed E-state index contributed by atoms with van der Waals surface area (Å²) in [5.41, 5.74) is 1.55. The van der Waals surface area contributed by atoms with E-state index in [4.69, 9.17) is 9.47 Å². The van der Waals surface area contributed by atoms with Gasteiger partial charge in [0.05, 0.1) is 12.3 Å². The number of likely N-dealkylation sites (tertiary alicyclic amines) is 1. The van der Waals surface area contributed by atoms with E-state index in [2.05, 4.69) is 10.6 Å². The normalized spacial score (nSPS) is 15.8. The summed E-state index contributed by atoms with van der Waals surface area (Å²) in [6.07, 6.45) is 0.195. The number of anilines is 1. The smallest absolute Gasteiger partial charge is 0.413 e. The molecule has 3 amide bonds. The van der Waals surface area contributed by atoms with Gasteiger partial charge in [0, 0.05) is 19.5 Å². The highest BCUT2D eigenvalue weighted by molar-refractivity contribution is 5.87. The zero-order valence-corrected chi connectivity index (χ0v) is 15.9. The van der Waals surface area contributed by atoms with Crippen LogP contribution in [0.25, 0.3) is 0 Å². The van der Waals surface area contributed by atoms with Crippen molar-refractivity contribution >= 4 is 17.8 Å². The van der Waals surface area contributed by atoms with Crippen LogP contribution in [0.4, 0.5) is 15.3 Å². The van der Waals surface area contributed by atoms with E-state index in [0.29, 0.717) is 37.6 Å². The van der Waals surface area contributed by atoms with Crippen LogP contribution in [0.3, 0.4) is 0 Å². The quantitative estimate of drug-likeness (QED) is 0.791. The first-order valence-corrected chi connectivity index (χ1v) is 9.45. The number of amides is 3. The fourth-order valence-corrected chi connectivity index (χ4v) is 3.08. The molecule has 1 saturated heterocycles. The van der Waals surface area contributed by atoms with Crippen molar-refractivity contribution in [1.82, 2.24) is 10.2 Å². The van der Waals surface area contributed by atoms with Gasteiger partial charge in [-0.25, -0.2) is 9.59 Å². The number of hydrogen-bond acceptors (Lipinski definition) is 4. The average Bonchev–Trinajstić information content (AvgIpc) is 3.16. The minimum atomic E-state index is -0.611. The Balaban J connectivity index is 1.54. The number of carbonyl (C=O) groups is 2. The van der Waals surface area contributed by atoms with Crippen LogP contribution in [0.1, 0.15) is 25.3 Å². The van der Waals surface area contributed by atoms with Crippen molar-refractivity contribution < 1.29 is 19.1 Å². The highest BCUT2D eigenvalue weighted by Crippen LogP contribution is 2.25. The Hall–Kier alpha value is -3.22. The third-order valence-electron chi connectivity index (χ3n) is 4.41. The number of para-hydroxylation sites is 2. The highest BCUT2D eigenvalue weighted by Gasteiger charge is 2.31. The number of ether oxygens (including phenoxy) is 2. The number of hydrogen-bond donors (Lipinski definition) is 2. The number of carbonyl (C=O) groups excluding carboxylic acids is 2. The first kappa shape index (κ1) is 19.5. The van der Waals surface area contributed by atoms with E-state index in [1.54, 1.807) is 23.1 Å². The first-order chi connectivity index (χ1) is 13.7. The van der Waals surface area contributed by atoms with Crippen molar-refractivity contribution in [3.63, 3.8) is 0 Å². The molecule has 0 spiro atoms. The molecule has 2 aromatic carbocycles. The Morgan fingerprint density at radius 2 is 1.86 bits per heavy atom. The molecule has 148 valence electrons. The van der Waals surface area contributed by atoms with Crippen molar-refractivity contribution in [2.75, 3.05) is 18.5 Å². The van der Waals surface area contributed by atoms with Crippen LogP contribution in [-0.2, 0) is 11.3 Å². The van der Waals surface area contributed by atoms with Crippen LogP contribution in [-0.4, -0.2) is 36.4 Å². The molecule has 7 nitrogen and oxygen atoms in total. The predicted octanol–water partition coefficient (Wildman–Crippen LogP) is 3.97. The van der Waals surface area contributed by atoms with Gasteiger partial charge in [-0.1, -0.05) is 42.5 Å². The second-order valence-electron chi connectivity index (χ2n) is 6.39. The second-order valence-corrected chi connectivity index (χ2v) is 6.39. The Morgan fingerprint density at radius 3 is 2.64 bits per heavy atom. The zero-order chi connectivity index (χ0) is 19.8. The van der Waals surface area contributed by atoms with Crippen LogP contribution < -0.4 is 15.4 Å². The topological polar surface area (TPSA) is 79.9 Å². The molecule has 1 fully saturated rings. The Bertz CT molecular complexity index is 797. The van der Waals surface area contributed by atoms with Crippen LogP contribution >= 0.6 is 0 Å². The van der Waals surface area contributed by atoms with Gasteiger partial charge in [0.1, 0.15) is 5.75 Å². The van der Waals surface area contributed by atoms with Gasteiger partial charge in [0.15, 0.2) is 6.23 Å². The first-order valence-electron chi connectivity index (χ1n) is 9.45. The predicted molar refractivity (Wildman–Crippen MR) is 106 cm³/mol. The average molecular weight is 383 g/mol. The molecule has 0 aliphatic carbocycles. The maximum Gasteiger partial charge on any atom is 0.413 e. The lowest BCUT2D eigenvalue weighted by Gasteiger charge is -2.25. The molecule has 2 aromatic rings. The zero-order valence-electron chi connectivity index (χ0n) is 15.9. The summed E-state index contributed by atoms with van der Waals surface area (Å²) in [6, 6.07) is 16.6. The molecule has 1 aliphatic rings. The molecule has 1 atom stereocenters. The number of urea groups is 1. The molecule has 0 aromatic heterocycles. The minimum absolute atomic E-state index is 0.242.